The largest absolute Gasteiger partial charge is 0.494 e. The van der Waals surface area contributed by atoms with Crippen molar-refractivity contribution in [1.82, 2.24) is 4.98 Å². The zero-order chi connectivity index (χ0) is 18.5. The molecule has 0 spiro atoms. The Balaban J connectivity index is 1.58. The lowest BCUT2D eigenvalue weighted by molar-refractivity contribution is -0.136. The van der Waals surface area contributed by atoms with Gasteiger partial charge in [0, 0.05) is 17.7 Å². The van der Waals surface area contributed by atoms with Gasteiger partial charge in [-0.1, -0.05) is 12.1 Å². The number of nitrogens with zero attached hydrogens (tertiary/aromatic N) is 1. The van der Waals surface area contributed by atoms with Crippen molar-refractivity contribution >= 4 is 28.9 Å². The van der Waals surface area contributed by atoms with Crippen LogP contribution < -0.4 is 4.74 Å². The van der Waals surface area contributed by atoms with E-state index in [1.54, 1.807) is 12.1 Å². The molecule has 0 amide bonds. The average Bonchev–Trinajstić information content (AvgIpc) is 3.07. The van der Waals surface area contributed by atoms with E-state index in [1.165, 1.54) is 25.3 Å². The number of para-hydroxylation sites is 2. The maximum absolute atomic E-state index is 13.6. The predicted molar refractivity (Wildman–Crippen MR) is 91.3 cm³/mol. The monoisotopic (exact) mass is 355 g/mol. The SMILES string of the molecule is COc1ccc(C(=O)COC(=O)/C=C/c2nc3ccccc3o2)cc1F. The highest BCUT2D eigenvalue weighted by atomic mass is 19.1. The number of benzene rings is 2. The van der Waals surface area contributed by atoms with Gasteiger partial charge in [-0.05, 0) is 30.3 Å². The van der Waals surface area contributed by atoms with Crippen LogP contribution in [0.1, 0.15) is 16.2 Å². The maximum atomic E-state index is 13.6. The third kappa shape index (κ3) is 3.94. The molecule has 0 saturated carbocycles. The zero-order valence-electron chi connectivity index (χ0n) is 13.8. The van der Waals surface area contributed by atoms with Gasteiger partial charge in [0.05, 0.1) is 7.11 Å². The summed E-state index contributed by atoms with van der Waals surface area (Å²) >= 11 is 0. The molecule has 1 aromatic heterocycles. The lowest BCUT2D eigenvalue weighted by atomic mass is 10.1. The number of ketones is 1. The van der Waals surface area contributed by atoms with Crippen LogP contribution in [0.25, 0.3) is 17.2 Å². The van der Waals surface area contributed by atoms with Crippen molar-refractivity contribution < 1.29 is 27.9 Å². The van der Waals surface area contributed by atoms with E-state index in [0.717, 1.165) is 12.1 Å². The minimum atomic E-state index is -0.741. The molecule has 26 heavy (non-hydrogen) atoms. The summed E-state index contributed by atoms with van der Waals surface area (Å²) in [6.07, 6.45) is 2.45. The van der Waals surface area contributed by atoms with Crippen LogP contribution in [0.15, 0.2) is 53.0 Å². The van der Waals surface area contributed by atoms with Gasteiger partial charge in [0.15, 0.2) is 29.5 Å². The molecular weight excluding hydrogens is 341 g/mol. The van der Waals surface area contributed by atoms with Gasteiger partial charge in [0.1, 0.15) is 5.52 Å². The fourth-order valence-electron chi connectivity index (χ4n) is 2.21. The van der Waals surface area contributed by atoms with Crippen molar-refractivity contribution in [1.29, 1.82) is 0 Å². The van der Waals surface area contributed by atoms with E-state index in [-0.39, 0.29) is 17.2 Å². The third-order valence-corrected chi connectivity index (χ3v) is 3.49. The second-order valence-electron chi connectivity index (χ2n) is 5.23. The fourth-order valence-corrected chi connectivity index (χ4v) is 2.21. The molecule has 7 heteroatoms. The minimum Gasteiger partial charge on any atom is -0.494 e. The quantitative estimate of drug-likeness (QED) is 0.383. The van der Waals surface area contributed by atoms with Crippen molar-refractivity contribution in [3.63, 3.8) is 0 Å². The standard InChI is InChI=1S/C19H14FNO5/c1-24-16-7-6-12(10-13(16)20)15(22)11-25-19(23)9-8-18-21-14-4-2-3-5-17(14)26-18/h2-10H,11H2,1H3/b9-8+. The lowest BCUT2D eigenvalue weighted by Crippen LogP contribution is -2.12. The average molecular weight is 355 g/mol. The second kappa shape index (κ2) is 7.60. The van der Waals surface area contributed by atoms with E-state index < -0.39 is 24.2 Å². The molecule has 0 aliphatic rings. The highest BCUT2D eigenvalue weighted by Crippen LogP contribution is 2.18. The number of carbonyl (C=O) groups is 2. The molecule has 0 bridgehead atoms. The van der Waals surface area contributed by atoms with E-state index in [1.807, 2.05) is 12.1 Å². The number of oxazole rings is 1. The van der Waals surface area contributed by atoms with Gasteiger partial charge in [0.2, 0.25) is 5.89 Å². The van der Waals surface area contributed by atoms with Crippen molar-refractivity contribution in [3.8, 4) is 5.75 Å². The van der Waals surface area contributed by atoms with Crippen molar-refractivity contribution in [3.05, 3.63) is 65.8 Å². The van der Waals surface area contributed by atoms with Gasteiger partial charge in [-0.3, -0.25) is 4.79 Å². The summed E-state index contributed by atoms with van der Waals surface area (Å²) in [5, 5.41) is 0. The van der Waals surface area contributed by atoms with Crippen LogP contribution in [0.5, 0.6) is 5.75 Å². The fraction of sp³-hybridized carbons (Fsp3) is 0.105. The molecule has 0 radical (unpaired) electrons. The van der Waals surface area contributed by atoms with E-state index in [0.29, 0.717) is 11.1 Å². The number of aromatic nitrogens is 1. The van der Waals surface area contributed by atoms with Gasteiger partial charge >= 0.3 is 5.97 Å². The summed E-state index contributed by atoms with van der Waals surface area (Å²) < 4.78 is 28.6. The Morgan fingerprint density at radius 2 is 2.04 bits per heavy atom. The van der Waals surface area contributed by atoms with Crippen LogP contribution in [0.2, 0.25) is 0 Å². The van der Waals surface area contributed by atoms with Gasteiger partial charge < -0.3 is 13.9 Å². The number of halogens is 1. The molecule has 0 aliphatic heterocycles. The van der Waals surface area contributed by atoms with Gasteiger partial charge in [-0.25, -0.2) is 14.2 Å². The van der Waals surface area contributed by atoms with Crippen molar-refractivity contribution in [2.45, 2.75) is 0 Å². The van der Waals surface area contributed by atoms with Crippen LogP contribution in [0.3, 0.4) is 0 Å². The molecule has 3 aromatic rings. The van der Waals surface area contributed by atoms with Gasteiger partial charge in [-0.2, -0.15) is 0 Å². The van der Waals surface area contributed by atoms with Crippen LogP contribution in [0.4, 0.5) is 4.39 Å². The number of hydrogen-bond donors (Lipinski definition) is 0. The van der Waals surface area contributed by atoms with Crippen LogP contribution in [0, 0.1) is 5.82 Å². The number of methoxy groups -OCH3 is 1. The second-order valence-corrected chi connectivity index (χ2v) is 5.23. The van der Waals surface area contributed by atoms with Crippen LogP contribution in [-0.4, -0.2) is 30.5 Å². The van der Waals surface area contributed by atoms with E-state index in [4.69, 9.17) is 13.9 Å². The molecule has 2 aromatic carbocycles. The Morgan fingerprint density at radius 3 is 2.77 bits per heavy atom. The molecule has 1 heterocycles. The summed E-state index contributed by atoms with van der Waals surface area (Å²) in [6.45, 7) is -0.511. The molecule has 0 aliphatic carbocycles. The normalized spacial score (nSPS) is 11.0. The number of rotatable bonds is 6. The number of carbonyl (C=O) groups excluding carboxylic acids is 2. The summed E-state index contributed by atoms with van der Waals surface area (Å²) in [6, 6.07) is 10.9. The lowest BCUT2D eigenvalue weighted by Gasteiger charge is -2.05. The Bertz CT molecular complexity index is 960. The van der Waals surface area contributed by atoms with Crippen LogP contribution in [-0.2, 0) is 9.53 Å². The highest BCUT2D eigenvalue weighted by molar-refractivity contribution is 5.99. The third-order valence-electron chi connectivity index (χ3n) is 3.49. The Morgan fingerprint density at radius 1 is 1.23 bits per heavy atom. The molecule has 0 atom stereocenters. The van der Waals surface area contributed by atoms with Crippen molar-refractivity contribution in [2.75, 3.05) is 13.7 Å². The minimum absolute atomic E-state index is 0.0276. The maximum Gasteiger partial charge on any atom is 0.331 e. The Kier molecular flexibility index (Phi) is 5.07. The first kappa shape index (κ1) is 17.3. The van der Waals surface area contributed by atoms with E-state index in [2.05, 4.69) is 4.98 Å². The number of ether oxygens (including phenoxy) is 2. The van der Waals surface area contributed by atoms with E-state index >= 15 is 0 Å². The van der Waals surface area contributed by atoms with Gasteiger partial charge in [0.25, 0.3) is 0 Å². The molecule has 3 rings (SSSR count). The van der Waals surface area contributed by atoms with Gasteiger partial charge in [-0.15, -0.1) is 0 Å². The molecule has 6 nitrogen and oxygen atoms in total. The molecule has 0 unspecified atom stereocenters. The number of fused-ring (bicyclic) bond motifs is 1. The Labute approximate surface area is 147 Å². The number of Topliss-reactive ketones (excluding diaryl/α,β-unsaturated/α-hetero) is 1. The summed E-state index contributed by atoms with van der Waals surface area (Å²) in [5.74, 6) is -1.67. The molecule has 132 valence electrons. The Hall–Kier alpha value is -3.48. The van der Waals surface area contributed by atoms with Crippen LogP contribution >= 0.6 is 0 Å². The number of hydrogen-bond acceptors (Lipinski definition) is 6. The topological polar surface area (TPSA) is 78.6 Å². The summed E-state index contributed by atoms with van der Waals surface area (Å²) in [4.78, 5) is 27.8. The first-order valence-corrected chi connectivity index (χ1v) is 7.64. The predicted octanol–water partition coefficient (Wildman–Crippen LogP) is 3.41. The molecule has 0 fully saturated rings. The molecule has 0 saturated heterocycles. The molecule has 0 N–H and O–H groups in total. The summed E-state index contributed by atoms with van der Waals surface area (Å²) in [7, 11) is 1.32. The zero-order valence-corrected chi connectivity index (χ0v) is 13.8. The number of esters is 1. The first-order valence-electron chi connectivity index (χ1n) is 7.64. The molecular formula is C19H14FNO5. The van der Waals surface area contributed by atoms with E-state index in [9.17, 15) is 14.0 Å². The smallest absolute Gasteiger partial charge is 0.331 e. The first-order chi connectivity index (χ1) is 12.6. The highest BCUT2D eigenvalue weighted by Gasteiger charge is 2.12. The van der Waals surface area contributed by atoms with Crippen molar-refractivity contribution in [2.24, 2.45) is 0 Å². The summed E-state index contributed by atoms with van der Waals surface area (Å²) in [5.41, 5.74) is 1.34.